The largest absolute Gasteiger partial charge is 0.389 e. The van der Waals surface area contributed by atoms with Crippen LogP contribution in [0.1, 0.15) is 12.5 Å². The summed E-state index contributed by atoms with van der Waals surface area (Å²) >= 11 is 0. The molecule has 1 rings (SSSR count). The number of urea groups is 1. The van der Waals surface area contributed by atoms with Crippen LogP contribution in [-0.4, -0.2) is 48.5 Å². The fraction of sp³-hybridized carbons (Fsp3) is 0.538. The van der Waals surface area contributed by atoms with E-state index >= 15 is 0 Å². The minimum Gasteiger partial charge on any atom is -0.389 e. The second-order valence-corrected chi connectivity index (χ2v) is 4.06. The van der Waals surface area contributed by atoms with Crippen LogP contribution in [-0.2, 0) is 11.2 Å². The van der Waals surface area contributed by atoms with Crippen LogP contribution < -0.4 is 10.6 Å². The average molecular weight is 267 g/mol. The van der Waals surface area contributed by atoms with Crippen molar-refractivity contribution in [3.63, 3.8) is 0 Å². The quantitative estimate of drug-likeness (QED) is 0.633. The summed E-state index contributed by atoms with van der Waals surface area (Å²) in [5.74, 6) is 0. The minimum atomic E-state index is -0.677. The van der Waals surface area contributed by atoms with E-state index in [4.69, 9.17) is 4.74 Å². The lowest BCUT2D eigenvalue weighted by atomic mass is 10.2. The molecule has 6 heteroatoms. The Balaban J connectivity index is 2.08. The molecule has 0 aliphatic rings. The smallest absolute Gasteiger partial charge is 0.314 e. The summed E-state index contributed by atoms with van der Waals surface area (Å²) < 4.78 is 5.04. The van der Waals surface area contributed by atoms with E-state index in [1.165, 1.54) is 0 Å². The Bertz CT molecular complexity index is 359. The molecule has 2 amide bonds. The molecule has 0 radical (unpaired) electrons. The Morgan fingerprint density at radius 2 is 2.37 bits per heavy atom. The average Bonchev–Trinajstić information content (AvgIpc) is 2.44. The normalized spacial score (nSPS) is 11.9. The van der Waals surface area contributed by atoms with Crippen molar-refractivity contribution >= 4 is 6.03 Å². The molecule has 1 aromatic rings. The highest BCUT2D eigenvalue weighted by Crippen LogP contribution is 1.95. The molecule has 0 saturated heterocycles. The predicted molar refractivity (Wildman–Crippen MR) is 71.8 cm³/mol. The van der Waals surface area contributed by atoms with Crippen molar-refractivity contribution in [2.45, 2.75) is 19.4 Å². The topological polar surface area (TPSA) is 83.5 Å². The Hall–Kier alpha value is -1.66. The van der Waals surface area contributed by atoms with Gasteiger partial charge in [0.2, 0.25) is 0 Å². The maximum absolute atomic E-state index is 11.4. The zero-order valence-corrected chi connectivity index (χ0v) is 11.1. The fourth-order valence-corrected chi connectivity index (χ4v) is 1.45. The van der Waals surface area contributed by atoms with Crippen LogP contribution in [0.2, 0.25) is 0 Å². The summed E-state index contributed by atoms with van der Waals surface area (Å²) in [7, 11) is 0. The first kappa shape index (κ1) is 15.4. The zero-order chi connectivity index (χ0) is 13.9. The molecule has 3 N–H and O–H groups in total. The zero-order valence-electron chi connectivity index (χ0n) is 11.1. The molecule has 19 heavy (non-hydrogen) atoms. The van der Waals surface area contributed by atoms with Gasteiger partial charge in [-0.15, -0.1) is 0 Å². The van der Waals surface area contributed by atoms with Gasteiger partial charge in [0.15, 0.2) is 0 Å². The van der Waals surface area contributed by atoms with Crippen molar-refractivity contribution in [3.05, 3.63) is 30.1 Å². The maximum atomic E-state index is 11.4. The predicted octanol–water partition coefficient (Wildman–Crippen LogP) is 0.321. The SMILES string of the molecule is CCOC[C@@H](O)CNC(=O)NCCc1cccnc1. The molecule has 106 valence electrons. The Morgan fingerprint density at radius 3 is 3.05 bits per heavy atom. The van der Waals surface area contributed by atoms with E-state index in [0.717, 1.165) is 12.0 Å². The van der Waals surface area contributed by atoms with Crippen LogP contribution >= 0.6 is 0 Å². The number of hydrogen-bond acceptors (Lipinski definition) is 4. The van der Waals surface area contributed by atoms with Gasteiger partial charge in [0.25, 0.3) is 0 Å². The standard InChI is InChI=1S/C13H21N3O3/c1-2-19-10-12(17)9-16-13(18)15-7-5-11-4-3-6-14-8-11/h3-4,6,8,12,17H,2,5,7,9-10H2,1H3,(H2,15,16,18)/t12-/m0/s1. The summed E-state index contributed by atoms with van der Waals surface area (Å²) in [5, 5.41) is 14.8. The van der Waals surface area contributed by atoms with Crippen LogP contribution in [0.25, 0.3) is 0 Å². The van der Waals surface area contributed by atoms with Gasteiger partial charge in [-0.2, -0.15) is 0 Å². The lowest BCUT2D eigenvalue weighted by Crippen LogP contribution is -2.41. The number of carbonyl (C=O) groups excluding carboxylic acids is 1. The van der Waals surface area contributed by atoms with Crippen molar-refractivity contribution in [2.24, 2.45) is 0 Å². The highest BCUT2D eigenvalue weighted by molar-refractivity contribution is 5.73. The van der Waals surface area contributed by atoms with Gasteiger partial charge >= 0.3 is 6.03 Å². The molecule has 0 aliphatic heterocycles. The first-order chi connectivity index (χ1) is 9.22. The highest BCUT2D eigenvalue weighted by Gasteiger charge is 2.06. The van der Waals surface area contributed by atoms with E-state index in [1.54, 1.807) is 12.4 Å². The maximum Gasteiger partial charge on any atom is 0.314 e. The molecule has 0 bridgehead atoms. The molecule has 0 aliphatic carbocycles. The summed E-state index contributed by atoms with van der Waals surface area (Å²) in [6.45, 7) is 3.34. The second kappa shape index (κ2) is 9.29. The lowest BCUT2D eigenvalue weighted by molar-refractivity contribution is 0.0441. The third kappa shape index (κ3) is 7.38. The summed E-state index contributed by atoms with van der Waals surface area (Å²) in [6, 6.07) is 3.53. The van der Waals surface area contributed by atoms with Crippen molar-refractivity contribution in [1.82, 2.24) is 15.6 Å². The first-order valence-corrected chi connectivity index (χ1v) is 6.38. The molecular formula is C13H21N3O3. The molecular weight excluding hydrogens is 246 g/mol. The van der Waals surface area contributed by atoms with Gasteiger partial charge in [0, 0.05) is 32.1 Å². The van der Waals surface area contributed by atoms with E-state index in [0.29, 0.717) is 13.2 Å². The van der Waals surface area contributed by atoms with Crippen molar-refractivity contribution in [3.8, 4) is 0 Å². The van der Waals surface area contributed by atoms with E-state index < -0.39 is 6.10 Å². The molecule has 0 aromatic carbocycles. The number of aliphatic hydroxyl groups is 1. The van der Waals surface area contributed by atoms with Crippen molar-refractivity contribution in [2.75, 3.05) is 26.3 Å². The lowest BCUT2D eigenvalue weighted by Gasteiger charge is -2.12. The Labute approximate surface area is 113 Å². The molecule has 0 fully saturated rings. The van der Waals surface area contributed by atoms with E-state index in [-0.39, 0.29) is 19.2 Å². The third-order valence-corrected chi connectivity index (χ3v) is 2.43. The molecule has 1 atom stereocenters. The van der Waals surface area contributed by atoms with Gasteiger partial charge in [-0.25, -0.2) is 4.79 Å². The van der Waals surface area contributed by atoms with Crippen LogP contribution in [0.5, 0.6) is 0 Å². The van der Waals surface area contributed by atoms with Crippen LogP contribution in [0.4, 0.5) is 4.79 Å². The Kier molecular flexibility index (Phi) is 7.53. The monoisotopic (exact) mass is 267 g/mol. The number of aromatic nitrogens is 1. The number of amides is 2. The molecule has 6 nitrogen and oxygen atoms in total. The first-order valence-electron chi connectivity index (χ1n) is 6.38. The second-order valence-electron chi connectivity index (χ2n) is 4.06. The van der Waals surface area contributed by atoms with Crippen LogP contribution in [0, 0.1) is 0 Å². The number of nitrogens with zero attached hydrogens (tertiary/aromatic N) is 1. The van der Waals surface area contributed by atoms with E-state index in [9.17, 15) is 9.90 Å². The van der Waals surface area contributed by atoms with Crippen molar-refractivity contribution < 1.29 is 14.6 Å². The van der Waals surface area contributed by atoms with E-state index in [2.05, 4.69) is 15.6 Å². The van der Waals surface area contributed by atoms with Crippen LogP contribution in [0.3, 0.4) is 0 Å². The van der Waals surface area contributed by atoms with Gasteiger partial charge in [-0.1, -0.05) is 6.07 Å². The van der Waals surface area contributed by atoms with Crippen molar-refractivity contribution in [1.29, 1.82) is 0 Å². The number of pyridine rings is 1. The number of nitrogens with one attached hydrogen (secondary N) is 2. The van der Waals surface area contributed by atoms with Crippen LogP contribution in [0.15, 0.2) is 24.5 Å². The summed E-state index contributed by atoms with van der Waals surface area (Å²) in [5.41, 5.74) is 1.07. The van der Waals surface area contributed by atoms with Gasteiger partial charge in [-0.05, 0) is 25.0 Å². The summed E-state index contributed by atoms with van der Waals surface area (Å²) in [4.78, 5) is 15.4. The van der Waals surface area contributed by atoms with Gasteiger partial charge in [-0.3, -0.25) is 4.98 Å². The van der Waals surface area contributed by atoms with Gasteiger partial charge in [0.1, 0.15) is 0 Å². The molecule has 0 unspecified atom stereocenters. The summed E-state index contributed by atoms with van der Waals surface area (Å²) in [6.07, 6.45) is 3.53. The highest BCUT2D eigenvalue weighted by atomic mass is 16.5. The molecule has 1 aromatic heterocycles. The number of carbonyl (C=O) groups is 1. The molecule has 1 heterocycles. The molecule has 0 saturated carbocycles. The number of aliphatic hydroxyl groups excluding tert-OH is 1. The van der Waals surface area contributed by atoms with Gasteiger partial charge in [0.05, 0.1) is 12.7 Å². The number of ether oxygens (including phenoxy) is 1. The third-order valence-electron chi connectivity index (χ3n) is 2.43. The number of rotatable bonds is 8. The van der Waals surface area contributed by atoms with E-state index in [1.807, 2.05) is 19.1 Å². The molecule has 0 spiro atoms. The Morgan fingerprint density at radius 1 is 1.53 bits per heavy atom. The number of hydrogen-bond donors (Lipinski definition) is 3. The fourth-order valence-electron chi connectivity index (χ4n) is 1.45. The minimum absolute atomic E-state index is 0.179. The van der Waals surface area contributed by atoms with Gasteiger partial charge < -0.3 is 20.5 Å².